The van der Waals surface area contributed by atoms with Crippen molar-refractivity contribution in [3.8, 4) is 0 Å². The predicted molar refractivity (Wildman–Crippen MR) is 56.4 cm³/mol. The van der Waals surface area contributed by atoms with Gasteiger partial charge in [-0.25, -0.2) is 8.78 Å². The molecule has 7 heteroatoms. The second-order valence-electron chi connectivity index (χ2n) is 4.71. The van der Waals surface area contributed by atoms with E-state index in [0.29, 0.717) is 13.0 Å². The molecule has 1 saturated heterocycles. The molecule has 0 aromatic heterocycles. The lowest BCUT2D eigenvalue weighted by Crippen LogP contribution is -2.38. The van der Waals surface area contributed by atoms with E-state index in [0.717, 1.165) is 6.42 Å². The number of rotatable bonds is 2. The summed E-state index contributed by atoms with van der Waals surface area (Å²) in [6, 6.07) is 0. The standard InChI is InChI=1S/C10H14F2N4O/c11-10(12)3-1-2-7-5-16(6-8(7)10)9(17)4-14-15-13/h7-8H,1-6H2/t7-,8-/m1/s1. The number of carbonyl (C=O) groups excluding carboxylic acids is 1. The molecule has 0 aromatic rings. The van der Waals surface area contributed by atoms with Crippen LogP contribution >= 0.6 is 0 Å². The minimum atomic E-state index is -2.66. The quantitative estimate of drug-likeness (QED) is 0.417. The van der Waals surface area contributed by atoms with E-state index in [2.05, 4.69) is 10.0 Å². The second-order valence-corrected chi connectivity index (χ2v) is 4.71. The van der Waals surface area contributed by atoms with Gasteiger partial charge in [0.2, 0.25) is 5.91 Å². The molecular weight excluding hydrogens is 230 g/mol. The zero-order valence-electron chi connectivity index (χ0n) is 9.35. The Morgan fingerprint density at radius 3 is 2.94 bits per heavy atom. The van der Waals surface area contributed by atoms with E-state index in [9.17, 15) is 13.6 Å². The highest BCUT2D eigenvalue weighted by atomic mass is 19.3. The summed E-state index contributed by atoms with van der Waals surface area (Å²) in [7, 11) is 0. The Kier molecular flexibility index (Phi) is 3.19. The van der Waals surface area contributed by atoms with Gasteiger partial charge < -0.3 is 4.90 Å². The van der Waals surface area contributed by atoms with Crippen LogP contribution in [0.25, 0.3) is 10.4 Å². The van der Waals surface area contributed by atoms with Crippen molar-refractivity contribution in [1.29, 1.82) is 0 Å². The van der Waals surface area contributed by atoms with Crippen molar-refractivity contribution in [2.45, 2.75) is 25.2 Å². The summed E-state index contributed by atoms with van der Waals surface area (Å²) < 4.78 is 27.3. The molecule has 1 saturated carbocycles. The number of halogens is 2. The van der Waals surface area contributed by atoms with E-state index in [4.69, 9.17) is 5.53 Å². The molecule has 2 atom stereocenters. The van der Waals surface area contributed by atoms with Gasteiger partial charge in [0.05, 0.1) is 0 Å². The van der Waals surface area contributed by atoms with Crippen molar-refractivity contribution in [1.82, 2.24) is 4.90 Å². The first kappa shape index (κ1) is 12.1. The zero-order valence-corrected chi connectivity index (χ0v) is 9.35. The fourth-order valence-corrected chi connectivity index (χ4v) is 2.82. The van der Waals surface area contributed by atoms with Crippen LogP contribution in [0.15, 0.2) is 5.11 Å². The first-order valence-corrected chi connectivity index (χ1v) is 5.71. The van der Waals surface area contributed by atoms with Crippen LogP contribution in [0.4, 0.5) is 8.78 Å². The van der Waals surface area contributed by atoms with E-state index < -0.39 is 11.8 Å². The monoisotopic (exact) mass is 244 g/mol. The van der Waals surface area contributed by atoms with Crippen LogP contribution in [-0.2, 0) is 4.79 Å². The number of amides is 1. The van der Waals surface area contributed by atoms with Gasteiger partial charge in [-0.05, 0) is 24.3 Å². The van der Waals surface area contributed by atoms with Crippen LogP contribution in [0, 0.1) is 11.8 Å². The molecule has 0 unspecified atom stereocenters. The van der Waals surface area contributed by atoms with E-state index >= 15 is 0 Å². The van der Waals surface area contributed by atoms with Gasteiger partial charge in [-0.1, -0.05) is 5.11 Å². The Morgan fingerprint density at radius 1 is 1.53 bits per heavy atom. The molecule has 0 N–H and O–H groups in total. The number of nitrogens with zero attached hydrogens (tertiary/aromatic N) is 4. The minimum Gasteiger partial charge on any atom is -0.342 e. The molecule has 1 aliphatic heterocycles. The van der Waals surface area contributed by atoms with Crippen LogP contribution in [0.3, 0.4) is 0 Å². The summed E-state index contributed by atoms with van der Waals surface area (Å²) in [6.45, 7) is 0.193. The fourth-order valence-electron chi connectivity index (χ4n) is 2.82. The smallest absolute Gasteiger partial charge is 0.252 e. The molecule has 0 radical (unpaired) electrons. The molecule has 0 spiro atoms. The van der Waals surface area contributed by atoms with Crippen molar-refractivity contribution < 1.29 is 13.6 Å². The van der Waals surface area contributed by atoms with Crippen LogP contribution < -0.4 is 0 Å². The van der Waals surface area contributed by atoms with E-state index in [1.54, 1.807) is 0 Å². The van der Waals surface area contributed by atoms with Gasteiger partial charge in [0, 0.05) is 30.3 Å². The molecule has 2 rings (SSSR count). The minimum absolute atomic E-state index is 0.0768. The van der Waals surface area contributed by atoms with Crippen molar-refractivity contribution in [2.75, 3.05) is 19.6 Å². The Morgan fingerprint density at radius 2 is 2.29 bits per heavy atom. The van der Waals surface area contributed by atoms with Gasteiger partial charge in [0.1, 0.15) is 6.54 Å². The first-order valence-electron chi connectivity index (χ1n) is 5.71. The number of hydrogen-bond donors (Lipinski definition) is 0. The van der Waals surface area contributed by atoms with Crippen LogP contribution in [0.5, 0.6) is 0 Å². The predicted octanol–water partition coefficient (Wildman–Crippen LogP) is 2.19. The molecule has 1 heterocycles. The highest BCUT2D eigenvalue weighted by molar-refractivity contribution is 5.78. The van der Waals surface area contributed by atoms with Crippen molar-refractivity contribution >= 4 is 5.91 Å². The third-order valence-corrected chi connectivity index (χ3v) is 3.69. The average molecular weight is 244 g/mol. The van der Waals surface area contributed by atoms with Crippen LogP contribution in [0.1, 0.15) is 19.3 Å². The summed E-state index contributed by atoms with van der Waals surface area (Å²) in [5, 5.41) is 3.17. The highest BCUT2D eigenvalue weighted by Gasteiger charge is 2.51. The third kappa shape index (κ3) is 2.34. The maximum atomic E-state index is 13.6. The summed E-state index contributed by atoms with van der Waals surface area (Å²) >= 11 is 0. The molecule has 1 amide bonds. The largest absolute Gasteiger partial charge is 0.342 e. The molecule has 2 fully saturated rings. The van der Waals surface area contributed by atoms with E-state index in [-0.39, 0.29) is 31.3 Å². The number of hydrogen-bond acceptors (Lipinski definition) is 2. The highest BCUT2D eigenvalue weighted by Crippen LogP contribution is 2.45. The normalized spacial score (nSPS) is 30.6. The molecule has 94 valence electrons. The summed E-state index contributed by atoms with van der Waals surface area (Å²) in [5.74, 6) is -3.83. The van der Waals surface area contributed by atoms with Crippen molar-refractivity contribution in [3.63, 3.8) is 0 Å². The van der Waals surface area contributed by atoms with Crippen molar-refractivity contribution in [2.24, 2.45) is 17.0 Å². The Hall–Kier alpha value is -1.36. The lowest BCUT2D eigenvalue weighted by Gasteiger charge is -2.32. The van der Waals surface area contributed by atoms with E-state index in [1.165, 1.54) is 4.90 Å². The number of likely N-dealkylation sites (tertiary alicyclic amines) is 1. The number of fused-ring (bicyclic) bond motifs is 1. The lowest BCUT2D eigenvalue weighted by atomic mass is 9.79. The topological polar surface area (TPSA) is 69.1 Å². The number of carbonyl (C=O) groups is 1. The maximum absolute atomic E-state index is 13.6. The van der Waals surface area contributed by atoms with Gasteiger partial charge in [-0.15, -0.1) is 0 Å². The van der Waals surface area contributed by atoms with Gasteiger partial charge in [-0.3, -0.25) is 4.79 Å². The summed E-state index contributed by atoms with van der Waals surface area (Å²) in [5.41, 5.74) is 8.11. The summed E-state index contributed by atoms with van der Waals surface area (Å²) in [4.78, 5) is 15.5. The zero-order chi connectivity index (χ0) is 12.5. The van der Waals surface area contributed by atoms with Gasteiger partial charge >= 0.3 is 0 Å². The van der Waals surface area contributed by atoms with Crippen LogP contribution in [0.2, 0.25) is 0 Å². The molecule has 0 bridgehead atoms. The Balaban J connectivity index is 2.02. The van der Waals surface area contributed by atoms with Crippen LogP contribution in [-0.4, -0.2) is 36.4 Å². The Labute approximate surface area is 97.4 Å². The third-order valence-electron chi connectivity index (χ3n) is 3.69. The molecule has 2 aliphatic rings. The van der Waals surface area contributed by atoms with Crippen molar-refractivity contribution in [3.05, 3.63) is 10.4 Å². The maximum Gasteiger partial charge on any atom is 0.252 e. The number of alkyl halides is 2. The SMILES string of the molecule is [N-]=[N+]=NCC(=O)N1C[C@H]2CCCC(F)(F)[C@@H]2C1. The molecular formula is C10H14F2N4O. The molecule has 5 nitrogen and oxygen atoms in total. The second kappa shape index (κ2) is 4.49. The van der Waals surface area contributed by atoms with E-state index in [1.807, 2.05) is 0 Å². The summed E-state index contributed by atoms with van der Waals surface area (Å²) in [6.07, 6.45) is 1.20. The molecule has 17 heavy (non-hydrogen) atoms. The Bertz CT molecular complexity index is 367. The fraction of sp³-hybridized carbons (Fsp3) is 0.900. The average Bonchev–Trinajstić information content (AvgIpc) is 2.71. The lowest BCUT2D eigenvalue weighted by molar-refractivity contribution is -0.129. The first-order chi connectivity index (χ1) is 8.04. The van der Waals surface area contributed by atoms with Gasteiger partial charge in [0.15, 0.2) is 0 Å². The van der Waals surface area contributed by atoms with Gasteiger partial charge in [0.25, 0.3) is 5.92 Å². The van der Waals surface area contributed by atoms with Gasteiger partial charge in [-0.2, -0.15) is 0 Å². The molecule has 1 aliphatic carbocycles. The number of azide groups is 1. The molecule has 0 aromatic carbocycles.